The molecule has 0 unspecified atom stereocenters. The summed E-state index contributed by atoms with van der Waals surface area (Å²) in [6, 6.07) is 10.5. The minimum atomic E-state index is -0.0527. The zero-order valence-electron chi connectivity index (χ0n) is 16.4. The minimum absolute atomic E-state index is 0.0527. The predicted octanol–water partition coefficient (Wildman–Crippen LogP) is 5.81. The van der Waals surface area contributed by atoms with Crippen molar-refractivity contribution < 1.29 is 4.79 Å². The molecule has 0 radical (unpaired) electrons. The van der Waals surface area contributed by atoms with Gasteiger partial charge in [-0.3, -0.25) is 4.79 Å². The first kappa shape index (κ1) is 20.0. The Morgan fingerprint density at radius 2 is 2.04 bits per heavy atom. The van der Waals surface area contributed by atoms with E-state index in [0.29, 0.717) is 17.2 Å². The maximum absolute atomic E-state index is 12.4. The third-order valence-electron chi connectivity index (χ3n) is 5.25. The number of nitriles is 1. The van der Waals surface area contributed by atoms with Crippen molar-refractivity contribution in [3.05, 3.63) is 45.8 Å². The molecule has 3 rings (SSSR count). The van der Waals surface area contributed by atoms with E-state index >= 15 is 0 Å². The molecule has 1 heterocycles. The Morgan fingerprint density at radius 1 is 1.33 bits per heavy atom. The second-order valence-corrected chi connectivity index (χ2v) is 10.4. The highest BCUT2D eigenvalue weighted by molar-refractivity contribution is 8.00. The van der Waals surface area contributed by atoms with Crippen LogP contribution in [0.3, 0.4) is 0 Å². The topological polar surface area (TPSA) is 52.9 Å². The number of carbonyl (C=O) groups excluding carboxylic acids is 1. The monoisotopic (exact) mass is 398 g/mol. The van der Waals surface area contributed by atoms with Crippen molar-refractivity contribution in [2.24, 2.45) is 11.3 Å². The number of carbonyl (C=O) groups is 1. The van der Waals surface area contributed by atoms with E-state index in [0.717, 1.165) is 34.7 Å². The highest BCUT2D eigenvalue weighted by atomic mass is 32.2. The maximum atomic E-state index is 12.4. The lowest BCUT2D eigenvalue weighted by molar-refractivity contribution is -0.113. The summed E-state index contributed by atoms with van der Waals surface area (Å²) in [7, 11) is 0. The summed E-state index contributed by atoms with van der Waals surface area (Å²) in [5, 5.41) is 13.4. The molecule has 0 bridgehead atoms. The number of thiophene rings is 1. The van der Waals surface area contributed by atoms with Gasteiger partial charge in [0.2, 0.25) is 5.91 Å². The van der Waals surface area contributed by atoms with Crippen LogP contribution in [0, 0.1) is 29.6 Å². The van der Waals surface area contributed by atoms with Crippen LogP contribution in [0.4, 0.5) is 5.00 Å². The van der Waals surface area contributed by atoms with Crippen LogP contribution in [0.2, 0.25) is 0 Å². The zero-order chi connectivity index (χ0) is 19.6. The first-order valence-electron chi connectivity index (χ1n) is 9.32. The van der Waals surface area contributed by atoms with Crippen LogP contribution in [-0.4, -0.2) is 11.7 Å². The van der Waals surface area contributed by atoms with Crippen molar-refractivity contribution >= 4 is 34.0 Å². The van der Waals surface area contributed by atoms with Crippen molar-refractivity contribution in [2.75, 3.05) is 11.1 Å². The predicted molar refractivity (Wildman–Crippen MR) is 115 cm³/mol. The number of thioether (sulfide) groups is 1. The van der Waals surface area contributed by atoms with E-state index in [1.54, 1.807) is 11.3 Å². The summed E-state index contributed by atoms with van der Waals surface area (Å²) in [5.74, 6) is 0.917. The third-order valence-corrected chi connectivity index (χ3v) is 7.43. The lowest BCUT2D eigenvalue weighted by Crippen LogP contribution is -2.26. The molecule has 1 atom stereocenters. The molecule has 0 aliphatic heterocycles. The van der Waals surface area contributed by atoms with Gasteiger partial charge in [0, 0.05) is 9.77 Å². The van der Waals surface area contributed by atoms with E-state index in [9.17, 15) is 10.1 Å². The number of nitrogens with one attached hydrogen (secondary N) is 1. The molecule has 1 aliphatic carbocycles. The van der Waals surface area contributed by atoms with Crippen molar-refractivity contribution in [1.29, 1.82) is 5.26 Å². The van der Waals surface area contributed by atoms with Gasteiger partial charge in [-0.2, -0.15) is 5.26 Å². The first-order valence-corrected chi connectivity index (χ1v) is 11.1. The summed E-state index contributed by atoms with van der Waals surface area (Å²) >= 11 is 3.11. The summed E-state index contributed by atoms with van der Waals surface area (Å²) in [4.78, 5) is 14.8. The number of benzene rings is 1. The number of aryl methyl sites for hydroxylation is 1. The van der Waals surface area contributed by atoms with Gasteiger partial charge in [-0.05, 0) is 55.2 Å². The van der Waals surface area contributed by atoms with Gasteiger partial charge in [-0.1, -0.05) is 38.5 Å². The average Bonchev–Trinajstić information content (AvgIpc) is 2.96. The summed E-state index contributed by atoms with van der Waals surface area (Å²) in [6.45, 7) is 8.90. The number of anilines is 1. The SMILES string of the molecule is Cc1ccc(SCC(=O)Nc2sc3c(c2C#N)CC[C@@H](C(C)(C)C)C3)cc1. The molecule has 142 valence electrons. The Hall–Kier alpha value is -1.77. The van der Waals surface area contributed by atoms with Crippen LogP contribution in [0.5, 0.6) is 0 Å². The van der Waals surface area contributed by atoms with Crippen molar-refractivity contribution in [1.82, 2.24) is 0 Å². The van der Waals surface area contributed by atoms with E-state index in [1.165, 1.54) is 22.2 Å². The summed E-state index contributed by atoms with van der Waals surface area (Å²) < 4.78 is 0. The quantitative estimate of drug-likeness (QED) is 0.661. The summed E-state index contributed by atoms with van der Waals surface area (Å²) in [5.41, 5.74) is 3.31. The molecular formula is C22H26N2OS2. The van der Waals surface area contributed by atoms with Gasteiger partial charge in [0.1, 0.15) is 11.1 Å². The fourth-order valence-corrected chi connectivity index (χ4v) is 5.47. The second-order valence-electron chi connectivity index (χ2n) is 8.28. The van der Waals surface area contributed by atoms with Gasteiger partial charge in [-0.25, -0.2) is 0 Å². The second kappa shape index (κ2) is 8.08. The van der Waals surface area contributed by atoms with Crippen LogP contribution in [0.1, 0.15) is 48.8 Å². The average molecular weight is 399 g/mol. The van der Waals surface area contributed by atoms with Crippen molar-refractivity contribution in [2.45, 2.75) is 51.9 Å². The fourth-order valence-electron chi connectivity index (χ4n) is 3.48. The molecule has 0 saturated carbocycles. The Morgan fingerprint density at radius 3 is 2.67 bits per heavy atom. The normalized spacial score (nSPS) is 16.5. The molecular weight excluding hydrogens is 372 g/mol. The highest BCUT2D eigenvalue weighted by Crippen LogP contribution is 2.44. The van der Waals surface area contributed by atoms with Gasteiger partial charge in [0.15, 0.2) is 0 Å². The van der Waals surface area contributed by atoms with E-state index in [-0.39, 0.29) is 11.3 Å². The number of hydrogen-bond acceptors (Lipinski definition) is 4. The fraction of sp³-hybridized carbons (Fsp3) is 0.455. The highest BCUT2D eigenvalue weighted by Gasteiger charge is 2.32. The molecule has 1 aliphatic rings. The smallest absolute Gasteiger partial charge is 0.235 e. The number of hydrogen-bond donors (Lipinski definition) is 1. The molecule has 1 amide bonds. The lowest BCUT2D eigenvalue weighted by atomic mass is 9.72. The molecule has 0 spiro atoms. The van der Waals surface area contributed by atoms with Gasteiger partial charge >= 0.3 is 0 Å². The molecule has 0 fully saturated rings. The van der Waals surface area contributed by atoms with Gasteiger partial charge in [-0.15, -0.1) is 23.1 Å². The van der Waals surface area contributed by atoms with Crippen molar-refractivity contribution in [3.8, 4) is 6.07 Å². The molecule has 27 heavy (non-hydrogen) atoms. The number of fused-ring (bicyclic) bond motifs is 1. The van der Waals surface area contributed by atoms with E-state index in [4.69, 9.17) is 0 Å². The Balaban J connectivity index is 1.68. The van der Waals surface area contributed by atoms with Crippen LogP contribution in [-0.2, 0) is 17.6 Å². The van der Waals surface area contributed by atoms with Crippen LogP contribution >= 0.6 is 23.1 Å². The van der Waals surface area contributed by atoms with Crippen molar-refractivity contribution in [3.63, 3.8) is 0 Å². The maximum Gasteiger partial charge on any atom is 0.235 e. The van der Waals surface area contributed by atoms with Crippen LogP contribution < -0.4 is 5.32 Å². The summed E-state index contributed by atoms with van der Waals surface area (Å²) in [6.07, 6.45) is 3.05. The first-order chi connectivity index (χ1) is 12.8. The third kappa shape index (κ3) is 4.75. The molecule has 3 nitrogen and oxygen atoms in total. The number of amides is 1. The Labute approximate surface area is 170 Å². The van der Waals surface area contributed by atoms with Crippen LogP contribution in [0.15, 0.2) is 29.2 Å². The molecule has 2 aromatic rings. The zero-order valence-corrected chi connectivity index (χ0v) is 18.0. The Kier molecular flexibility index (Phi) is 5.98. The standard InChI is InChI=1S/C22H26N2OS2/c1-14-5-8-16(9-6-14)26-13-20(25)24-21-18(12-23)17-10-7-15(22(2,3)4)11-19(17)27-21/h5-6,8-9,15H,7,10-11,13H2,1-4H3,(H,24,25)/t15-/m1/s1. The van der Waals surface area contributed by atoms with Gasteiger partial charge < -0.3 is 5.32 Å². The molecule has 1 aromatic heterocycles. The number of rotatable bonds is 4. The van der Waals surface area contributed by atoms with E-state index < -0.39 is 0 Å². The van der Waals surface area contributed by atoms with Crippen LogP contribution in [0.25, 0.3) is 0 Å². The van der Waals surface area contributed by atoms with Gasteiger partial charge in [0.05, 0.1) is 11.3 Å². The number of nitrogens with zero attached hydrogens (tertiary/aromatic N) is 1. The molecule has 5 heteroatoms. The lowest BCUT2D eigenvalue weighted by Gasteiger charge is -2.33. The molecule has 1 aromatic carbocycles. The van der Waals surface area contributed by atoms with E-state index in [2.05, 4.69) is 32.2 Å². The largest absolute Gasteiger partial charge is 0.316 e. The van der Waals surface area contributed by atoms with E-state index in [1.807, 2.05) is 31.2 Å². The Bertz CT molecular complexity index is 869. The molecule has 0 saturated heterocycles. The minimum Gasteiger partial charge on any atom is -0.316 e. The molecule has 1 N–H and O–H groups in total. The van der Waals surface area contributed by atoms with Gasteiger partial charge in [0.25, 0.3) is 0 Å².